The van der Waals surface area contributed by atoms with Crippen LogP contribution in [0.2, 0.25) is 0 Å². The minimum atomic E-state index is -0.573. The van der Waals surface area contributed by atoms with Crippen molar-refractivity contribution in [2.24, 2.45) is 0 Å². The molecule has 0 unspecified atom stereocenters. The number of hydrogen-bond acceptors (Lipinski definition) is 5. The molecule has 4 nitrogen and oxygen atoms in total. The lowest BCUT2D eigenvalue weighted by Gasteiger charge is -2.29. The molecule has 0 aliphatic rings. The molecular formula is C11H20N2O2S. The van der Waals surface area contributed by atoms with Crippen LogP contribution in [-0.4, -0.2) is 33.9 Å². The van der Waals surface area contributed by atoms with E-state index in [0.717, 1.165) is 16.3 Å². The topological polar surface area (TPSA) is 65.4 Å². The van der Waals surface area contributed by atoms with Crippen molar-refractivity contribution in [2.75, 3.05) is 13.2 Å². The number of aliphatic hydroxyl groups is 2. The number of nitrogens with one attached hydrogen (secondary N) is 1. The summed E-state index contributed by atoms with van der Waals surface area (Å²) >= 11 is 1.67. The van der Waals surface area contributed by atoms with Gasteiger partial charge in [0.1, 0.15) is 0 Å². The number of rotatable bonds is 7. The number of aliphatic hydroxyl groups excluding tert-OH is 2. The predicted octanol–water partition coefficient (Wildman–Crippen LogP) is 0.929. The van der Waals surface area contributed by atoms with Crippen molar-refractivity contribution < 1.29 is 10.2 Å². The van der Waals surface area contributed by atoms with Crippen LogP contribution in [0.1, 0.15) is 30.2 Å². The van der Waals surface area contributed by atoms with E-state index in [1.807, 2.05) is 13.1 Å². The molecule has 0 aliphatic carbocycles. The molecule has 0 aliphatic heterocycles. The fourth-order valence-electron chi connectivity index (χ4n) is 1.38. The molecule has 0 amide bonds. The molecular weight excluding hydrogens is 224 g/mol. The van der Waals surface area contributed by atoms with Gasteiger partial charge in [-0.3, -0.25) is 0 Å². The van der Waals surface area contributed by atoms with Gasteiger partial charge in [-0.2, -0.15) is 0 Å². The van der Waals surface area contributed by atoms with Gasteiger partial charge in [-0.1, -0.05) is 13.8 Å². The average Bonchev–Trinajstić information content (AvgIpc) is 2.80. The Balaban J connectivity index is 2.55. The summed E-state index contributed by atoms with van der Waals surface area (Å²) < 4.78 is 0. The Labute approximate surface area is 100 Å². The molecule has 5 heteroatoms. The molecule has 92 valence electrons. The monoisotopic (exact) mass is 244 g/mol. The van der Waals surface area contributed by atoms with Crippen molar-refractivity contribution in [3.63, 3.8) is 0 Å². The van der Waals surface area contributed by atoms with Gasteiger partial charge in [-0.25, -0.2) is 4.98 Å². The summed E-state index contributed by atoms with van der Waals surface area (Å²) in [5.41, 5.74) is -0.573. The average molecular weight is 244 g/mol. The molecule has 1 aromatic heterocycles. The quantitative estimate of drug-likeness (QED) is 0.667. The summed E-state index contributed by atoms with van der Waals surface area (Å²) in [5.74, 6) is 0. The zero-order chi connectivity index (χ0) is 12.0. The van der Waals surface area contributed by atoms with Gasteiger partial charge in [0, 0.05) is 17.6 Å². The Morgan fingerprint density at radius 2 is 2.06 bits per heavy atom. The van der Waals surface area contributed by atoms with Crippen LogP contribution in [0.5, 0.6) is 0 Å². The molecule has 0 aromatic carbocycles. The SMILES string of the molecule is CCc1ncc(CNC(CC)(CO)CO)s1. The van der Waals surface area contributed by atoms with Gasteiger partial charge in [0.25, 0.3) is 0 Å². The molecule has 1 rings (SSSR count). The molecule has 3 N–H and O–H groups in total. The maximum Gasteiger partial charge on any atom is 0.0925 e. The van der Waals surface area contributed by atoms with Gasteiger partial charge >= 0.3 is 0 Å². The minimum absolute atomic E-state index is 0.0561. The van der Waals surface area contributed by atoms with E-state index in [0.29, 0.717) is 13.0 Å². The summed E-state index contributed by atoms with van der Waals surface area (Å²) in [5, 5.41) is 22.9. The Bertz CT molecular complexity index is 302. The van der Waals surface area contributed by atoms with Gasteiger partial charge in [0.15, 0.2) is 0 Å². The second-order valence-corrected chi connectivity index (χ2v) is 5.08. The van der Waals surface area contributed by atoms with Crippen molar-refractivity contribution in [2.45, 2.75) is 38.8 Å². The standard InChI is InChI=1S/C11H20N2O2S/c1-3-10-12-5-9(16-10)6-13-11(4-2,7-14)8-15/h5,13-15H,3-4,6-8H2,1-2H3. The zero-order valence-electron chi connectivity index (χ0n) is 9.86. The first-order chi connectivity index (χ1) is 7.69. The van der Waals surface area contributed by atoms with Crippen molar-refractivity contribution in [3.8, 4) is 0 Å². The predicted molar refractivity (Wildman–Crippen MR) is 65.5 cm³/mol. The van der Waals surface area contributed by atoms with E-state index < -0.39 is 5.54 Å². The van der Waals surface area contributed by atoms with Gasteiger partial charge in [-0.15, -0.1) is 11.3 Å². The first-order valence-corrected chi connectivity index (χ1v) is 6.41. The molecule has 0 saturated heterocycles. The molecule has 1 heterocycles. The Kier molecular flexibility index (Phi) is 5.34. The molecule has 0 bridgehead atoms. The second-order valence-electron chi connectivity index (χ2n) is 3.88. The third kappa shape index (κ3) is 3.25. The van der Waals surface area contributed by atoms with Gasteiger partial charge in [-0.05, 0) is 12.8 Å². The first kappa shape index (κ1) is 13.6. The summed E-state index contributed by atoms with van der Waals surface area (Å²) in [7, 11) is 0. The molecule has 1 aromatic rings. The van der Waals surface area contributed by atoms with E-state index in [1.54, 1.807) is 11.3 Å². The largest absolute Gasteiger partial charge is 0.394 e. The van der Waals surface area contributed by atoms with Crippen LogP contribution in [0.3, 0.4) is 0 Å². The van der Waals surface area contributed by atoms with Crippen molar-refractivity contribution in [3.05, 3.63) is 16.1 Å². The Morgan fingerprint density at radius 1 is 1.38 bits per heavy atom. The fraction of sp³-hybridized carbons (Fsp3) is 0.727. The van der Waals surface area contributed by atoms with E-state index in [2.05, 4.69) is 17.2 Å². The summed E-state index contributed by atoms with van der Waals surface area (Å²) in [6.45, 7) is 4.56. The van der Waals surface area contributed by atoms with Crippen LogP contribution >= 0.6 is 11.3 Å². The molecule has 0 radical (unpaired) electrons. The highest BCUT2D eigenvalue weighted by Gasteiger charge is 2.25. The van der Waals surface area contributed by atoms with Crippen LogP contribution < -0.4 is 5.32 Å². The highest BCUT2D eigenvalue weighted by molar-refractivity contribution is 7.11. The van der Waals surface area contributed by atoms with Crippen LogP contribution in [-0.2, 0) is 13.0 Å². The van der Waals surface area contributed by atoms with Gasteiger partial charge in [0.05, 0.1) is 23.8 Å². The van der Waals surface area contributed by atoms with E-state index in [-0.39, 0.29) is 13.2 Å². The molecule has 0 spiro atoms. The highest BCUT2D eigenvalue weighted by atomic mass is 32.1. The van der Waals surface area contributed by atoms with Crippen molar-refractivity contribution in [1.29, 1.82) is 0 Å². The summed E-state index contributed by atoms with van der Waals surface area (Å²) in [4.78, 5) is 5.40. The van der Waals surface area contributed by atoms with Crippen LogP contribution in [0.15, 0.2) is 6.20 Å². The van der Waals surface area contributed by atoms with Crippen LogP contribution in [0, 0.1) is 0 Å². The van der Waals surface area contributed by atoms with Crippen LogP contribution in [0.4, 0.5) is 0 Å². The number of aromatic nitrogens is 1. The molecule has 0 atom stereocenters. The van der Waals surface area contributed by atoms with Crippen LogP contribution in [0.25, 0.3) is 0 Å². The normalized spacial score (nSPS) is 12.0. The zero-order valence-corrected chi connectivity index (χ0v) is 10.7. The number of nitrogens with zero attached hydrogens (tertiary/aromatic N) is 1. The molecule has 0 saturated carbocycles. The lowest BCUT2D eigenvalue weighted by atomic mass is 9.98. The second kappa shape index (κ2) is 6.30. The highest BCUT2D eigenvalue weighted by Crippen LogP contribution is 2.15. The fourth-order valence-corrected chi connectivity index (χ4v) is 2.18. The lowest BCUT2D eigenvalue weighted by Crippen LogP contribution is -2.50. The third-order valence-electron chi connectivity index (χ3n) is 2.82. The third-order valence-corrected chi connectivity index (χ3v) is 3.97. The number of thiazole rings is 1. The maximum absolute atomic E-state index is 9.27. The Morgan fingerprint density at radius 3 is 2.50 bits per heavy atom. The van der Waals surface area contributed by atoms with Gasteiger partial charge in [0.2, 0.25) is 0 Å². The summed E-state index contributed by atoms with van der Waals surface area (Å²) in [6, 6.07) is 0. The molecule has 0 fully saturated rings. The van der Waals surface area contributed by atoms with E-state index in [9.17, 15) is 10.2 Å². The van der Waals surface area contributed by atoms with Crippen molar-refractivity contribution >= 4 is 11.3 Å². The minimum Gasteiger partial charge on any atom is -0.394 e. The van der Waals surface area contributed by atoms with Crippen molar-refractivity contribution in [1.82, 2.24) is 10.3 Å². The maximum atomic E-state index is 9.27. The first-order valence-electron chi connectivity index (χ1n) is 5.60. The lowest BCUT2D eigenvalue weighted by molar-refractivity contribution is 0.0866. The van der Waals surface area contributed by atoms with E-state index >= 15 is 0 Å². The number of aryl methyl sites for hydroxylation is 1. The molecule has 16 heavy (non-hydrogen) atoms. The Hall–Kier alpha value is -0.490. The van der Waals surface area contributed by atoms with E-state index in [1.165, 1.54) is 0 Å². The summed E-state index contributed by atoms with van der Waals surface area (Å²) in [6.07, 6.45) is 3.49. The van der Waals surface area contributed by atoms with Gasteiger partial charge < -0.3 is 15.5 Å². The number of hydrogen-bond donors (Lipinski definition) is 3. The van der Waals surface area contributed by atoms with E-state index in [4.69, 9.17) is 0 Å². The smallest absolute Gasteiger partial charge is 0.0925 e.